The van der Waals surface area contributed by atoms with Gasteiger partial charge in [0.2, 0.25) is 0 Å². The second-order valence-electron chi connectivity index (χ2n) is 6.95. The lowest BCUT2D eigenvalue weighted by Gasteiger charge is -2.10. The van der Waals surface area contributed by atoms with Crippen LogP contribution in [0, 0.1) is 0 Å². The number of nitrogens with zero attached hydrogens (tertiary/aromatic N) is 1. The summed E-state index contributed by atoms with van der Waals surface area (Å²) in [4.78, 5) is 24.1. The largest absolute Gasteiger partial charge is 0.497 e. The Morgan fingerprint density at radius 3 is 2.35 bits per heavy atom. The van der Waals surface area contributed by atoms with Crippen LogP contribution in [0.4, 0.5) is 0 Å². The first-order valence-corrected chi connectivity index (χ1v) is 11.1. The Labute approximate surface area is 211 Å². The normalized spacial score (nSPS) is 10.7. The zero-order valence-electron chi connectivity index (χ0n) is 18.0. The van der Waals surface area contributed by atoms with E-state index in [1.807, 2.05) is 0 Å². The van der Waals surface area contributed by atoms with E-state index in [-0.39, 0.29) is 13.2 Å². The molecule has 0 fully saturated rings. The number of hydrogen-bond donors (Lipinski definition) is 2. The average Bonchev–Trinajstić information content (AvgIpc) is 2.84. The quantitative estimate of drug-likeness (QED) is 0.248. The van der Waals surface area contributed by atoms with Gasteiger partial charge in [-0.05, 0) is 53.6 Å². The van der Waals surface area contributed by atoms with Crippen LogP contribution in [0.2, 0.25) is 15.1 Å². The molecule has 0 heterocycles. The van der Waals surface area contributed by atoms with Crippen molar-refractivity contribution in [3.63, 3.8) is 0 Å². The van der Waals surface area contributed by atoms with Gasteiger partial charge in [0.15, 0.2) is 0 Å². The van der Waals surface area contributed by atoms with Crippen LogP contribution < -0.4 is 20.2 Å². The zero-order chi connectivity index (χ0) is 24.5. The summed E-state index contributed by atoms with van der Waals surface area (Å²) in [5.41, 5.74) is 4.32. The molecule has 0 aliphatic heterocycles. The molecule has 0 aliphatic rings. The van der Waals surface area contributed by atoms with Gasteiger partial charge in [0.05, 0.1) is 23.4 Å². The molecular formula is C24H20Cl3N3O4. The number of methoxy groups -OCH3 is 1. The summed E-state index contributed by atoms with van der Waals surface area (Å²) >= 11 is 18.0. The maximum Gasteiger partial charge on any atom is 0.329 e. The molecule has 3 aromatic rings. The fourth-order valence-corrected chi connectivity index (χ4v) is 3.26. The van der Waals surface area contributed by atoms with Crippen molar-refractivity contribution in [1.29, 1.82) is 0 Å². The molecule has 10 heteroatoms. The predicted molar refractivity (Wildman–Crippen MR) is 133 cm³/mol. The molecule has 0 radical (unpaired) electrons. The summed E-state index contributed by atoms with van der Waals surface area (Å²) in [5, 5.41) is 7.69. The molecule has 176 valence electrons. The molecule has 0 aliphatic carbocycles. The lowest BCUT2D eigenvalue weighted by atomic mass is 10.2. The van der Waals surface area contributed by atoms with Crippen LogP contribution in [0.5, 0.6) is 11.5 Å². The topological polar surface area (TPSA) is 89.0 Å². The van der Waals surface area contributed by atoms with Gasteiger partial charge in [-0.25, -0.2) is 5.43 Å². The molecule has 0 aromatic heterocycles. The smallest absolute Gasteiger partial charge is 0.329 e. The first-order valence-electron chi connectivity index (χ1n) is 9.96. The zero-order valence-corrected chi connectivity index (χ0v) is 20.2. The number of carbonyl (C=O) groups is 2. The summed E-state index contributed by atoms with van der Waals surface area (Å²) in [6, 6.07) is 17.2. The van der Waals surface area contributed by atoms with Gasteiger partial charge in [-0.15, -0.1) is 0 Å². The van der Waals surface area contributed by atoms with Crippen molar-refractivity contribution < 1.29 is 19.1 Å². The average molecular weight is 521 g/mol. The molecule has 0 saturated heterocycles. The van der Waals surface area contributed by atoms with Crippen LogP contribution in [0.3, 0.4) is 0 Å². The third-order valence-electron chi connectivity index (χ3n) is 4.54. The Balaban J connectivity index is 1.56. The van der Waals surface area contributed by atoms with Gasteiger partial charge >= 0.3 is 11.8 Å². The number of carbonyl (C=O) groups excluding carboxylic acids is 2. The van der Waals surface area contributed by atoms with E-state index in [0.717, 1.165) is 11.1 Å². The van der Waals surface area contributed by atoms with Crippen LogP contribution in [0.1, 0.15) is 16.7 Å². The van der Waals surface area contributed by atoms with Crippen LogP contribution in [0.15, 0.2) is 65.8 Å². The predicted octanol–water partition coefficient (Wildman–Crippen LogP) is 5.00. The molecule has 3 aromatic carbocycles. The van der Waals surface area contributed by atoms with Crippen molar-refractivity contribution in [2.45, 2.75) is 13.2 Å². The van der Waals surface area contributed by atoms with Crippen LogP contribution in [0.25, 0.3) is 0 Å². The monoisotopic (exact) mass is 519 g/mol. The molecule has 0 unspecified atom stereocenters. The Kier molecular flexibility index (Phi) is 9.16. The number of rotatable bonds is 8. The minimum absolute atomic E-state index is 0.182. The Morgan fingerprint density at radius 1 is 0.912 bits per heavy atom. The summed E-state index contributed by atoms with van der Waals surface area (Å²) in [6.45, 7) is 0.403. The van der Waals surface area contributed by atoms with Gasteiger partial charge in [-0.3, -0.25) is 9.59 Å². The van der Waals surface area contributed by atoms with Crippen molar-refractivity contribution in [2.24, 2.45) is 5.10 Å². The van der Waals surface area contributed by atoms with E-state index < -0.39 is 11.8 Å². The molecule has 7 nitrogen and oxygen atoms in total. The number of hydrogen-bond acceptors (Lipinski definition) is 5. The van der Waals surface area contributed by atoms with Crippen molar-refractivity contribution in [3.8, 4) is 11.5 Å². The van der Waals surface area contributed by atoms with Crippen molar-refractivity contribution in [2.75, 3.05) is 7.11 Å². The van der Waals surface area contributed by atoms with E-state index >= 15 is 0 Å². The number of benzene rings is 3. The van der Waals surface area contributed by atoms with E-state index in [2.05, 4.69) is 15.8 Å². The van der Waals surface area contributed by atoms with Gasteiger partial charge in [-0.1, -0.05) is 53.0 Å². The summed E-state index contributed by atoms with van der Waals surface area (Å²) in [7, 11) is 1.57. The third kappa shape index (κ3) is 7.38. The highest BCUT2D eigenvalue weighted by Gasteiger charge is 2.12. The molecule has 3 rings (SSSR count). The number of nitrogens with one attached hydrogen (secondary N) is 2. The minimum Gasteiger partial charge on any atom is -0.497 e. The highest BCUT2D eigenvalue weighted by atomic mass is 35.5. The maximum absolute atomic E-state index is 12.0. The first kappa shape index (κ1) is 25.4. The fraction of sp³-hybridized carbons (Fsp3) is 0.125. The Bertz CT molecular complexity index is 1200. The molecule has 0 bridgehead atoms. The molecule has 2 amide bonds. The number of halogens is 3. The number of amides is 2. The van der Waals surface area contributed by atoms with Gasteiger partial charge < -0.3 is 14.8 Å². The van der Waals surface area contributed by atoms with Gasteiger partial charge in [0.1, 0.15) is 18.1 Å². The third-order valence-corrected chi connectivity index (χ3v) is 5.51. The van der Waals surface area contributed by atoms with Gasteiger partial charge in [0, 0.05) is 17.1 Å². The van der Waals surface area contributed by atoms with E-state index in [1.165, 1.54) is 6.21 Å². The summed E-state index contributed by atoms with van der Waals surface area (Å²) in [5.74, 6) is -0.568. The molecule has 0 atom stereocenters. The summed E-state index contributed by atoms with van der Waals surface area (Å²) < 4.78 is 10.9. The molecular weight excluding hydrogens is 501 g/mol. The number of ether oxygens (including phenoxy) is 2. The van der Waals surface area contributed by atoms with Crippen LogP contribution in [-0.2, 0) is 22.7 Å². The van der Waals surface area contributed by atoms with Crippen molar-refractivity contribution in [3.05, 3.63) is 92.4 Å². The highest BCUT2D eigenvalue weighted by Crippen LogP contribution is 2.25. The SMILES string of the molecule is COc1ccc(CNC(=O)C(=O)N/N=C\c2cc(Cl)ccc2OCc2ccc(Cl)c(Cl)c2)cc1. The Morgan fingerprint density at radius 2 is 1.65 bits per heavy atom. The maximum atomic E-state index is 12.0. The second kappa shape index (κ2) is 12.3. The number of hydrazone groups is 1. The fourth-order valence-electron chi connectivity index (χ4n) is 2.76. The van der Waals surface area contributed by atoms with E-state index in [4.69, 9.17) is 44.3 Å². The van der Waals surface area contributed by atoms with E-state index in [9.17, 15) is 9.59 Å². The lowest BCUT2D eigenvalue weighted by Crippen LogP contribution is -2.37. The standard InChI is InChI=1S/C24H20Cl3N3O4/c1-33-19-6-2-15(3-7-19)12-28-23(31)24(32)30-29-13-17-11-18(25)5-9-22(17)34-14-16-4-8-20(26)21(27)10-16/h2-11,13H,12,14H2,1H3,(H,28,31)(H,30,32)/b29-13-. The van der Waals surface area contributed by atoms with Gasteiger partial charge in [0.25, 0.3) is 0 Å². The van der Waals surface area contributed by atoms with Crippen molar-refractivity contribution in [1.82, 2.24) is 10.7 Å². The van der Waals surface area contributed by atoms with E-state index in [0.29, 0.717) is 32.1 Å². The second-order valence-corrected chi connectivity index (χ2v) is 8.20. The minimum atomic E-state index is -0.912. The molecule has 0 spiro atoms. The van der Waals surface area contributed by atoms with Crippen molar-refractivity contribution >= 4 is 52.8 Å². The Hall–Kier alpha value is -3.26. The molecule has 2 N–H and O–H groups in total. The molecule has 0 saturated carbocycles. The van der Waals surface area contributed by atoms with E-state index in [1.54, 1.807) is 67.8 Å². The lowest BCUT2D eigenvalue weighted by molar-refractivity contribution is -0.139. The highest BCUT2D eigenvalue weighted by molar-refractivity contribution is 6.42. The first-order chi connectivity index (χ1) is 16.4. The van der Waals surface area contributed by atoms with Crippen LogP contribution in [-0.4, -0.2) is 25.1 Å². The van der Waals surface area contributed by atoms with Crippen LogP contribution >= 0.6 is 34.8 Å². The molecule has 34 heavy (non-hydrogen) atoms. The van der Waals surface area contributed by atoms with Gasteiger partial charge in [-0.2, -0.15) is 5.10 Å². The summed E-state index contributed by atoms with van der Waals surface area (Å²) in [6.07, 6.45) is 1.34.